The van der Waals surface area contributed by atoms with Crippen LogP contribution in [0.2, 0.25) is 0 Å². The van der Waals surface area contributed by atoms with Gasteiger partial charge in [-0.05, 0) is 24.3 Å². The zero-order valence-electron chi connectivity index (χ0n) is 9.23. The lowest BCUT2D eigenvalue weighted by molar-refractivity contribution is -0.128. The van der Waals surface area contributed by atoms with Crippen LogP contribution in [-0.4, -0.2) is 23.9 Å². The molecule has 1 aliphatic carbocycles. The van der Waals surface area contributed by atoms with Crippen LogP contribution in [0.1, 0.15) is 24.6 Å². The van der Waals surface area contributed by atoms with Gasteiger partial charge in [0.25, 0.3) is 0 Å². The van der Waals surface area contributed by atoms with E-state index >= 15 is 0 Å². The summed E-state index contributed by atoms with van der Waals surface area (Å²) in [6.07, 6.45) is 2.66. The highest BCUT2D eigenvalue weighted by atomic mass is 16.2. The smallest absolute Gasteiger partial charge is 0.238 e. The van der Waals surface area contributed by atoms with Crippen LogP contribution in [0.3, 0.4) is 0 Å². The van der Waals surface area contributed by atoms with Gasteiger partial charge >= 0.3 is 0 Å². The summed E-state index contributed by atoms with van der Waals surface area (Å²) in [7, 11) is 0. The van der Waals surface area contributed by atoms with Gasteiger partial charge in [0.2, 0.25) is 5.91 Å². The van der Waals surface area contributed by atoms with E-state index in [0.29, 0.717) is 6.54 Å². The van der Waals surface area contributed by atoms with E-state index in [9.17, 15) is 4.79 Å². The molecule has 1 atom stereocenters. The molecule has 1 amide bonds. The van der Waals surface area contributed by atoms with Crippen LogP contribution in [0, 0.1) is 5.92 Å². The SMILES string of the molecule is O=C1CNC(c2ccccc2)N1CC1CC1. The van der Waals surface area contributed by atoms with E-state index in [1.165, 1.54) is 18.4 Å². The lowest BCUT2D eigenvalue weighted by Crippen LogP contribution is -2.32. The molecule has 1 heterocycles. The fraction of sp³-hybridized carbons (Fsp3) is 0.462. The van der Waals surface area contributed by atoms with E-state index in [2.05, 4.69) is 17.4 Å². The van der Waals surface area contributed by atoms with E-state index in [1.54, 1.807) is 0 Å². The summed E-state index contributed by atoms with van der Waals surface area (Å²) in [5.41, 5.74) is 1.19. The molecule has 3 heteroatoms. The molecule has 1 aromatic rings. The van der Waals surface area contributed by atoms with Crippen LogP contribution in [0.15, 0.2) is 30.3 Å². The first-order valence-electron chi connectivity index (χ1n) is 5.92. The summed E-state index contributed by atoms with van der Waals surface area (Å²) in [6, 6.07) is 10.2. The number of nitrogens with one attached hydrogen (secondary N) is 1. The zero-order chi connectivity index (χ0) is 11.0. The van der Waals surface area contributed by atoms with E-state index in [1.807, 2.05) is 23.1 Å². The van der Waals surface area contributed by atoms with Crippen molar-refractivity contribution in [2.24, 2.45) is 5.92 Å². The normalized spacial score (nSPS) is 25.1. The molecule has 16 heavy (non-hydrogen) atoms. The molecule has 0 bridgehead atoms. The largest absolute Gasteiger partial charge is 0.322 e. The zero-order valence-corrected chi connectivity index (χ0v) is 9.23. The van der Waals surface area contributed by atoms with E-state index in [-0.39, 0.29) is 12.1 Å². The fourth-order valence-corrected chi connectivity index (χ4v) is 2.26. The van der Waals surface area contributed by atoms with Crippen LogP contribution in [0.5, 0.6) is 0 Å². The van der Waals surface area contributed by atoms with Crippen LogP contribution >= 0.6 is 0 Å². The third-order valence-corrected chi connectivity index (χ3v) is 3.35. The lowest BCUT2D eigenvalue weighted by Gasteiger charge is -2.24. The molecular formula is C13H16N2O. The topological polar surface area (TPSA) is 32.3 Å². The lowest BCUT2D eigenvalue weighted by atomic mass is 10.1. The van der Waals surface area contributed by atoms with Crippen LogP contribution in [0.25, 0.3) is 0 Å². The quantitative estimate of drug-likeness (QED) is 0.831. The van der Waals surface area contributed by atoms with Crippen molar-refractivity contribution in [3.63, 3.8) is 0 Å². The number of carbonyl (C=O) groups excluding carboxylic acids is 1. The average molecular weight is 216 g/mol. The van der Waals surface area contributed by atoms with Gasteiger partial charge in [-0.2, -0.15) is 0 Å². The summed E-state index contributed by atoms with van der Waals surface area (Å²) in [5.74, 6) is 0.982. The van der Waals surface area contributed by atoms with Gasteiger partial charge in [-0.15, -0.1) is 0 Å². The van der Waals surface area contributed by atoms with Crippen molar-refractivity contribution in [3.05, 3.63) is 35.9 Å². The Morgan fingerprint density at radius 1 is 1.25 bits per heavy atom. The molecule has 3 rings (SSSR count). The summed E-state index contributed by atoms with van der Waals surface area (Å²) < 4.78 is 0. The summed E-state index contributed by atoms with van der Waals surface area (Å²) in [5, 5.41) is 3.28. The van der Waals surface area contributed by atoms with Crippen LogP contribution in [-0.2, 0) is 4.79 Å². The Labute approximate surface area is 95.4 Å². The van der Waals surface area contributed by atoms with Gasteiger partial charge < -0.3 is 4.90 Å². The molecule has 1 saturated carbocycles. The molecular weight excluding hydrogens is 200 g/mol. The van der Waals surface area contributed by atoms with Gasteiger partial charge in [0, 0.05) is 6.54 Å². The number of benzene rings is 1. The standard InChI is InChI=1S/C13H16N2O/c16-12-8-14-13(11-4-2-1-3-5-11)15(12)9-10-6-7-10/h1-5,10,13-14H,6-9H2. The molecule has 1 saturated heterocycles. The van der Waals surface area contributed by atoms with Crippen molar-refractivity contribution < 1.29 is 4.79 Å². The predicted octanol–water partition coefficient (Wildman–Crippen LogP) is 1.53. The van der Waals surface area contributed by atoms with Crippen LogP contribution in [0.4, 0.5) is 0 Å². The summed E-state index contributed by atoms with van der Waals surface area (Å²) in [6.45, 7) is 1.40. The van der Waals surface area contributed by atoms with Crippen molar-refractivity contribution in [2.75, 3.05) is 13.1 Å². The molecule has 2 aliphatic rings. The maximum Gasteiger partial charge on any atom is 0.238 e. The Kier molecular flexibility index (Phi) is 2.40. The third-order valence-electron chi connectivity index (χ3n) is 3.35. The van der Waals surface area contributed by atoms with E-state index < -0.39 is 0 Å². The maximum atomic E-state index is 11.8. The number of hydrogen-bond acceptors (Lipinski definition) is 2. The minimum Gasteiger partial charge on any atom is -0.322 e. The van der Waals surface area contributed by atoms with Gasteiger partial charge in [0.05, 0.1) is 6.54 Å². The number of hydrogen-bond donors (Lipinski definition) is 1. The second-order valence-corrected chi connectivity index (χ2v) is 4.68. The minimum absolute atomic E-state index is 0.0919. The van der Waals surface area contributed by atoms with Crippen molar-refractivity contribution in [3.8, 4) is 0 Å². The Bertz CT molecular complexity index is 386. The molecule has 1 aromatic carbocycles. The molecule has 3 nitrogen and oxygen atoms in total. The molecule has 2 fully saturated rings. The van der Waals surface area contributed by atoms with Gasteiger partial charge in [-0.25, -0.2) is 0 Å². The van der Waals surface area contributed by atoms with Crippen LogP contribution < -0.4 is 5.32 Å². The first-order valence-corrected chi connectivity index (χ1v) is 5.92. The van der Waals surface area contributed by atoms with Gasteiger partial charge in [-0.1, -0.05) is 30.3 Å². The Hall–Kier alpha value is -1.35. The fourth-order valence-electron chi connectivity index (χ4n) is 2.26. The van der Waals surface area contributed by atoms with E-state index in [0.717, 1.165) is 12.5 Å². The highest BCUT2D eigenvalue weighted by Crippen LogP contribution is 2.33. The number of nitrogens with zero attached hydrogens (tertiary/aromatic N) is 1. The molecule has 0 aromatic heterocycles. The first-order chi connectivity index (χ1) is 7.84. The Morgan fingerprint density at radius 3 is 2.69 bits per heavy atom. The molecule has 0 radical (unpaired) electrons. The highest BCUT2D eigenvalue weighted by molar-refractivity contribution is 5.81. The van der Waals surface area contributed by atoms with E-state index in [4.69, 9.17) is 0 Å². The monoisotopic (exact) mass is 216 g/mol. The van der Waals surface area contributed by atoms with Crippen molar-refractivity contribution in [1.29, 1.82) is 0 Å². The van der Waals surface area contributed by atoms with Gasteiger partial charge in [-0.3, -0.25) is 10.1 Å². The maximum absolute atomic E-state index is 11.8. The molecule has 1 aliphatic heterocycles. The Balaban J connectivity index is 1.80. The number of rotatable bonds is 3. The molecule has 1 N–H and O–H groups in total. The van der Waals surface area contributed by atoms with Gasteiger partial charge in [0.1, 0.15) is 6.17 Å². The third kappa shape index (κ3) is 1.83. The highest BCUT2D eigenvalue weighted by Gasteiger charge is 2.35. The van der Waals surface area contributed by atoms with Crippen molar-refractivity contribution >= 4 is 5.91 Å². The number of carbonyl (C=O) groups is 1. The first kappa shape index (κ1) is 9.85. The van der Waals surface area contributed by atoms with Crippen molar-refractivity contribution in [1.82, 2.24) is 10.2 Å². The average Bonchev–Trinajstić information content (AvgIpc) is 3.06. The molecule has 1 unspecified atom stereocenters. The minimum atomic E-state index is 0.0919. The number of amides is 1. The molecule has 0 spiro atoms. The predicted molar refractivity (Wildman–Crippen MR) is 61.6 cm³/mol. The Morgan fingerprint density at radius 2 is 2.00 bits per heavy atom. The van der Waals surface area contributed by atoms with Gasteiger partial charge in [0.15, 0.2) is 0 Å². The second kappa shape index (κ2) is 3.91. The molecule has 84 valence electrons. The second-order valence-electron chi connectivity index (χ2n) is 4.68. The van der Waals surface area contributed by atoms with Crippen molar-refractivity contribution in [2.45, 2.75) is 19.0 Å². The summed E-state index contributed by atoms with van der Waals surface area (Å²) >= 11 is 0. The summed E-state index contributed by atoms with van der Waals surface area (Å²) in [4.78, 5) is 13.8.